The smallest absolute Gasteiger partial charge is 0.0959 e. The molecule has 0 aliphatic heterocycles. The lowest BCUT2D eigenvalue weighted by atomic mass is 9.84. The van der Waals surface area contributed by atoms with Crippen molar-refractivity contribution in [3.8, 4) is 6.07 Å². The molecule has 1 N–H and O–H groups in total. The van der Waals surface area contributed by atoms with Gasteiger partial charge in [0.2, 0.25) is 0 Å². The summed E-state index contributed by atoms with van der Waals surface area (Å²) in [6, 6.07) is 2.43. The number of nitriles is 1. The first-order valence-electron chi connectivity index (χ1n) is 6.18. The van der Waals surface area contributed by atoms with Crippen molar-refractivity contribution in [1.82, 2.24) is 5.32 Å². The van der Waals surface area contributed by atoms with Crippen LogP contribution in [0, 0.1) is 17.2 Å². The molecule has 0 saturated heterocycles. The maximum Gasteiger partial charge on any atom is 0.0959 e. The Morgan fingerprint density at radius 1 is 1.27 bits per heavy atom. The molecule has 0 heterocycles. The van der Waals surface area contributed by atoms with Crippen LogP contribution in [0.15, 0.2) is 0 Å². The predicted octanol–water partition coefficient (Wildman–Crippen LogP) is 3.24. The molecule has 0 spiro atoms. The molecule has 1 saturated carbocycles. The third kappa shape index (κ3) is 5.18. The van der Waals surface area contributed by atoms with Crippen LogP contribution in [-0.2, 0) is 0 Å². The zero-order valence-electron chi connectivity index (χ0n) is 10.3. The summed E-state index contributed by atoms with van der Waals surface area (Å²) >= 11 is 0. The molecule has 86 valence electrons. The largest absolute Gasteiger partial charge is 0.297 e. The molecule has 15 heavy (non-hydrogen) atoms. The van der Waals surface area contributed by atoms with Gasteiger partial charge in [-0.3, -0.25) is 5.32 Å². The quantitative estimate of drug-likeness (QED) is 0.773. The number of hydrogen-bond donors (Lipinski definition) is 1. The lowest BCUT2D eigenvalue weighted by Gasteiger charge is -2.28. The van der Waals surface area contributed by atoms with Crippen molar-refractivity contribution in [1.29, 1.82) is 5.26 Å². The summed E-state index contributed by atoms with van der Waals surface area (Å²) in [4.78, 5) is 0. The van der Waals surface area contributed by atoms with Gasteiger partial charge in [0, 0.05) is 5.54 Å². The van der Waals surface area contributed by atoms with E-state index in [1.54, 1.807) is 0 Å². The normalized spacial score (nSPS) is 20.9. The summed E-state index contributed by atoms with van der Waals surface area (Å²) in [6.45, 7) is 6.37. The minimum atomic E-state index is 0.0353. The van der Waals surface area contributed by atoms with Gasteiger partial charge in [0.05, 0.1) is 12.1 Å². The van der Waals surface area contributed by atoms with Crippen molar-refractivity contribution >= 4 is 0 Å². The Kier molecular flexibility index (Phi) is 4.60. The molecule has 1 aliphatic rings. The average Bonchev–Trinajstić information content (AvgIpc) is 2.16. The molecule has 0 aromatic heterocycles. The van der Waals surface area contributed by atoms with E-state index in [-0.39, 0.29) is 11.6 Å². The number of nitrogens with one attached hydrogen (secondary N) is 1. The van der Waals surface area contributed by atoms with Gasteiger partial charge in [-0.25, -0.2) is 0 Å². The minimum absolute atomic E-state index is 0.0353. The summed E-state index contributed by atoms with van der Waals surface area (Å²) in [5.74, 6) is 0.776. The third-order valence-electron chi connectivity index (χ3n) is 3.06. The molecule has 1 fully saturated rings. The molecule has 0 bridgehead atoms. The van der Waals surface area contributed by atoms with E-state index in [1.807, 2.05) is 0 Å². The van der Waals surface area contributed by atoms with E-state index < -0.39 is 0 Å². The van der Waals surface area contributed by atoms with E-state index in [2.05, 4.69) is 32.2 Å². The van der Waals surface area contributed by atoms with Crippen LogP contribution in [0.5, 0.6) is 0 Å². The van der Waals surface area contributed by atoms with Crippen LogP contribution in [0.2, 0.25) is 0 Å². The summed E-state index contributed by atoms with van der Waals surface area (Å²) in [6.07, 6.45) is 7.79. The fourth-order valence-electron chi connectivity index (χ4n) is 2.42. The Balaban J connectivity index is 2.36. The topological polar surface area (TPSA) is 35.8 Å². The summed E-state index contributed by atoms with van der Waals surface area (Å²) < 4.78 is 0. The molecule has 2 nitrogen and oxygen atoms in total. The van der Waals surface area contributed by atoms with E-state index in [9.17, 15) is 0 Å². The molecule has 0 aromatic rings. The van der Waals surface area contributed by atoms with E-state index >= 15 is 0 Å². The average molecular weight is 208 g/mol. The number of nitrogens with zero attached hydrogens (tertiary/aromatic N) is 1. The summed E-state index contributed by atoms with van der Waals surface area (Å²) in [5, 5.41) is 12.5. The SMILES string of the molecule is CC(C)(C)NC(C#N)CC1CCCCC1. The van der Waals surface area contributed by atoms with Crippen LogP contribution in [0.25, 0.3) is 0 Å². The van der Waals surface area contributed by atoms with E-state index in [1.165, 1.54) is 32.1 Å². The van der Waals surface area contributed by atoms with E-state index in [0.717, 1.165) is 12.3 Å². The highest BCUT2D eigenvalue weighted by molar-refractivity contribution is 4.95. The predicted molar refractivity (Wildman–Crippen MR) is 63.5 cm³/mol. The van der Waals surface area contributed by atoms with Crippen LogP contribution in [0.4, 0.5) is 0 Å². The van der Waals surface area contributed by atoms with E-state index in [0.29, 0.717) is 0 Å². The maximum absolute atomic E-state index is 9.11. The number of rotatable bonds is 3. The molecule has 0 amide bonds. The Labute approximate surface area is 94.1 Å². The Morgan fingerprint density at radius 2 is 1.87 bits per heavy atom. The van der Waals surface area contributed by atoms with Gasteiger partial charge in [-0.2, -0.15) is 5.26 Å². The van der Waals surface area contributed by atoms with Gasteiger partial charge in [0.1, 0.15) is 0 Å². The van der Waals surface area contributed by atoms with Gasteiger partial charge < -0.3 is 0 Å². The van der Waals surface area contributed by atoms with Crippen LogP contribution < -0.4 is 5.32 Å². The van der Waals surface area contributed by atoms with Crippen LogP contribution in [-0.4, -0.2) is 11.6 Å². The van der Waals surface area contributed by atoms with Crippen molar-refractivity contribution in [2.75, 3.05) is 0 Å². The van der Waals surface area contributed by atoms with Gasteiger partial charge in [0.25, 0.3) is 0 Å². The van der Waals surface area contributed by atoms with Gasteiger partial charge in [-0.05, 0) is 33.1 Å². The second-order valence-corrected chi connectivity index (χ2v) is 5.82. The van der Waals surface area contributed by atoms with Gasteiger partial charge in [0.15, 0.2) is 0 Å². The zero-order chi connectivity index (χ0) is 11.3. The molecule has 1 unspecified atom stereocenters. The Morgan fingerprint density at radius 3 is 2.33 bits per heavy atom. The van der Waals surface area contributed by atoms with Crippen LogP contribution in [0.3, 0.4) is 0 Å². The molecule has 0 aromatic carbocycles. The molecule has 1 rings (SSSR count). The fraction of sp³-hybridized carbons (Fsp3) is 0.923. The van der Waals surface area contributed by atoms with Crippen LogP contribution >= 0.6 is 0 Å². The first-order valence-corrected chi connectivity index (χ1v) is 6.18. The third-order valence-corrected chi connectivity index (χ3v) is 3.06. The highest BCUT2D eigenvalue weighted by atomic mass is 15.0. The van der Waals surface area contributed by atoms with Crippen molar-refractivity contribution in [2.45, 2.75) is 70.9 Å². The van der Waals surface area contributed by atoms with Gasteiger partial charge >= 0.3 is 0 Å². The standard InChI is InChI=1S/C13H24N2/c1-13(2,3)15-12(10-14)9-11-7-5-4-6-8-11/h11-12,15H,4-9H2,1-3H3. The van der Waals surface area contributed by atoms with Crippen molar-refractivity contribution in [3.63, 3.8) is 0 Å². The summed E-state index contributed by atoms with van der Waals surface area (Å²) in [7, 11) is 0. The lowest BCUT2D eigenvalue weighted by Crippen LogP contribution is -2.43. The molecule has 1 aliphatic carbocycles. The second-order valence-electron chi connectivity index (χ2n) is 5.82. The van der Waals surface area contributed by atoms with E-state index in [4.69, 9.17) is 5.26 Å². The molecule has 1 atom stereocenters. The van der Waals surface area contributed by atoms with Gasteiger partial charge in [-0.15, -0.1) is 0 Å². The van der Waals surface area contributed by atoms with Crippen LogP contribution in [0.1, 0.15) is 59.3 Å². The molecule has 0 radical (unpaired) electrons. The molecular weight excluding hydrogens is 184 g/mol. The first-order chi connectivity index (χ1) is 7.01. The molecule has 2 heteroatoms. The minimum Gasteiger partial charge on any atom is -0.297 e. The van der Waals surface area contributed by atoms with Crippen molar-refractivity contribution in [3.05, 3.63) is 0 Å². The van der Waals surface area contributed by atoms with Crippen molar-refractivity contribution in [2.24, 2.45) is 5.92 Å². The Bertz CT molecular complexity index is 216. The highest BCUT2D eigenvalue weighted by Crippen LogP contribution is 2.27. The fourth-order valence-corrected chi connectivity index (χ4v) is 2.42. The number of hydrogen-bond acceptors (Lipinski definition) is 2. The Hall–Kier alpha value is -0.550. The molecular formula is C13H24N2. The monoisotopic (exact) mass is 208 g/mol. The summed E-state index contributed by atoms with van der Waals surface area (Å²) in [5.41, 5.74) is 0.0507. The maximum atomic E-state index is 9.11. The van der Waals surface area contributed by atoms with Crippen molar-refractivity contribution < 1.29 is 0 Å². The zero-order valence-corrected chi connectivity index (χ0v) is 10.3. The van der Waals surface area contributed by atoms with Gasteiger partial charge in [-0.1, -0.05) is 32.1 Å². The highest BCUT2D eigenvalue weighted by Gasteiger charge is 2.22. The second kappa shape index (κ2) is 5.51. The lowest BCUT2D eigenvalue weighted by molar-refractivity contribution is 0.291. The first kappa shape index (κ1) is 12.5.